The molecule has 1 amide bonds. The number of amides is 1. The lowest BCUT2D eigenvalue weighted by molar-refractivity contribution is 0.0684. The van der Waals surface area contributed by atoms with Crippen molar-refractivity contribution in [2.45, 2.75) is 18.9 Å². The lowest BCUT2D eigenvalue weighted by atomic mass is 10.1. The standard InChI is InChI=1S/C17H16N4O4S/c22-16(14-10-26-15(19-14)11-3-6-25-9-11)20-4-1-13(2-5-20)21-8-12(7-18-21)17(23)24/h3,6-10,13H,1-2,4-5H2,(H,23,24). The Hall–Kier alpha value is -2.94. The molecule has 26 heavy (non-hydrogen) atoms. The Morgan fingerprint density at radius 2 is 2.12 bits per heavy atom. The van der Waals surface area contributed by atoms with Crippen molar-refractivity contribution in [3.8, 4) is 10.6 Å². The van der Waals surface area contributed by atoms with Gasteiger partial charge in [-0.2, -0.15) is 5.10 Å². The van der Waals surface area contributed by atoms with E-state index in [0.717, 1.165) is 23.4 Å². The number of likely N-dealkylation sites (tertiary alicyclic amines) is 1. The van der Waals surface area contributed by atoms with E-state index in [1.807, 2.05) is 6.07 Å². The Labute approximate surface area is 152 Å². The number of thiazole rings is 1. The van der Waals surface area contributed by atoms with E-state index in [9.17, 15) is 9.59 Å². The van der Waals surface area contributed by atoms with Gasteiger partial charge in [0.25, 0.3) is 5.91 Å². The third-order valence-electron chi connectivity index (χ3n) is 4.47. The van der Waals surface area contributed by atoms with Crippen molar-refractivity contribution in [2.75, 3.05) is 13.1 Å². The molecule has 0 aliphatic carbocycles. The molecule has 3 aromatic rings. The van der Waals surface area contributed by atoms with E-state index in [2.05, 4.69) is 10.1 Å². The number of aromatic nitrogens is 3. The first kappa shape index (κ1) is 16.5. The fourth-order valence-corrected chi connectivity index (χ4v) is 3.81. The van der Waals surface area contributed by atoms with E-state index >= 15 is 0 Å². The number of piperidine rings is 1. The van der Waals surface area contributed by atoms with Crippen molar-refractivity contribution in [3.05, 3.63) is 47.6 Å². The molecule has 134 valence electrons. The highest BCUT2D eigenvalue weighted by atomic mass is 32.1. The van der Waals surface area contributed by atoms with Gasteiger partial charge in [-0.05, 0) is 18.9 Å². The summed E-state index contributed by atoms with van der Waals surface area (Å²) in [6.07, 6.45) is 7.53. The van der Waals surface area contributed by atoms with Gasteiger partial charge in [0.05, 0.1) is 24.1 Å². The zero-order valence-electron chi connectivity index (χ0n) is 13.7. The molecule has 1 aliphatic heterocycles. The molecule has 0 atom stereocenters. The van der Waals surface area contributed by atoms with Crippen LogP contribution in [0.15, 0.2) is 40.8 Å². The number of nitrogens with zero attached hydrogens (tertiary/aromatic N) is 4. The van der Waals surface area contributed by atoms with Crippen LogP contribution in [-0.4, -0.2) is 49.7 Å². The van der Waals surface area contributed by atoms with Crippen LogP contribution in [0.4, 0.5) is 0 Å². The first-order valence-electron chi connectivity index (χ1n) is 8.16. The highest BCUT2D eigenvalue weighted by molar-refractivity contribution is 7.13. The van der Waals surface area contributed by atoms with Gasteiger partial charge in [0.1, 0.15) is 17.0 Å². The van der Waals surface area contributed by atoms with Crippen LogP contribution >= 0.6 is 11.3 Å². The molecule has 0 spiro atoms. The summed E-state index contributed by atoms with van der Waals surface area (Å²) in [4.78, 5) is 29.8. The normalized spacial score (nSPS) is 15.3. The highest BCUT2D eigenvalue weighted by Gasteiger charge is 2.26. The van der Waals surface area contributed by atoms with Crippen molar-refractivity contribution in [1.29, 1.82) is 0 Å². The molecule has 0 aromatic carbocycles. The molecule has 0 saturated carbocycles. The SMILES string of the molecule is O=C(O)c1cnn(C2CCN(C(=O)c3csc(-c4ccoc4)n3)CC2)c1. The molecule has 9 heteroatoms. The van der Waals surface area contributed by atoms with Crippen LogP contribution < -0.4 is 0 Å². The fourth-order valence-electron chi connectivity index (χ4n) is 3.03. The summed E-state index contributed by atoms with van der Waals surface area (Å²) >= 11 is 1.41. The second kappa shape index (κ2) is 6.75. The van der Waals surface area contributed by atoms with Gasteiger partial charge in [0.15, 0.2) is 0 Å². The lowest BCUT2D eigenvalue weighted by Gasteiger charge is -2.31. The summed E-state index contributed by atoms with van der Waals surface area (Å²) in [5, 5.41) is 15.6. The van der Waals surface area contributed by atoms with Crippen LogP contribution in [-0.2, 0) is 0 Å². The average molecular weight is 372 g/mol. The minimum Gasteiger partial charge on any atom is -0.478 e. The molecule has 3 aromatic heterocycles. The van der Waals surface area contributed by atoms with Gasteiger partial charge in [0.2, 0.25) is 0 Å². The summed E-state index contributed by atoms with van der Waals surface area (Å²) in [5.74, 6) is -1.07. The van der Waals surface area contributed by atoms with Crippen molar-refractivity contribution in [2.24, 2.45) is 0 Å². The predicted octanol–water partition coefficient (Wildman–Crippen LogP) is 2.78. The second-order valence-electron chi connectivity index (χ2n) is 6.09. The van der Waals surface area contributed by atoms with Gasteiger partial charge in [-0.25, -0.2) is 9.78 Å². The smallest absolute Gasteiger partial charge is 0.338 e. The maximum absolute atomic E-state index is 12.7. The molecule has 8 nitrogen and oxygen atoms in total. The molecule has 0 radical (unpaired) electrons. The zero-order chi connectivity index (χ0) is 18.1. The van der Waals surface area contributed by atoms with Gasteiger partial charge in [-0.15, -0.1) is 11.3 Å². The van der Waals surface area contributed by atoms with Crippen LogP contribution in [0.5, 0.6) is 0 Å². The topological polar surface area (TPSA) is 101 Å². The largest absolute Gasteiger partial charge is 0.478 e. The molecule has 0 unspecified atom stereocenters. The van der Waals surface area contributed by atoms with Crippen LogP contribution in [0.1, 0.15) is 39.7 Å². The van der Waals surface area contributed by atoms with E-state index in [1.165, 1.54) is 17.5 Å². The summed E-state index contributed by atoms with van der Waals surface area (Å²) in [6.45, 7) is 1.18. The Kier molecular flexibility index (Phi) is 4.29. The molecule has 1 saturated heterocycles. The van der Waals surface area contributed by atoms with Gasteiger partial charge in [-0.1, -0.05) is 0 Å². The summed E-state index contributed by atoms with van der Waals surface area (Å²) < 4.78 is 6.74. The average Bonchev–Trinajstić information content (AvgIpc) is 3.42. The number of carbonyl (C=O) groups is 2. The van der Waals surface area contributed by atoms with Crippen molar-refractivity contribution >= 4 is 23.2 Å². The number of furan rings is 1. The van der Waals surface area contributed by atoms with Crippen LogP contribution in [0.3, 0.4) is 0 Å². The number of hydrogen-bond acceptors (Lipinski definition) is 6. The first-order valence-corrected chi connectivity index (χ1v) is 9.04. The van der Waals surface area contributed by atoms with Crippen molar-refractivity contribution in [3.63, 3.8) is 0 Å². The highest BCUT2D eigenvalue weighted by Crippen LogP contribution is 2.27. The zero-order valence-corrected chi connectivity index (χ0v) is 14.6. The minimum absolute atomic E-state index is 0.0823. The lowest BCUT2D eigenvalue weighted by Crippen LogP contribution is -2.39. The number of carboxylic acid groups (broad SMARTS) is 1. The molecule has 0 bridgehead atoms. The Bertz CT molecular complexity index is 922. The third-order valence-corrected chi connectivity index (χ3v) is 5.36. The molecular formula is C17H16N4O4S. The van der Waals surface area contributed by atoms with Gasteiger partial charge in [-0.3, -0.25) is 9.48 Å². The number of rotatable bonds is 4. The fraction of sp³-hybridized carbons (Fsp3) is 0.294. The Morgan fingerprint density at radius 1 is 1.31 bits per heavy atom. The molecule has 1 fully saturated rings. The van der Waals surface area contributed by atoms with Gasteiger partial charge >= 0.3 is 5.97 Å². The molecule has 4 heterocycles. The number of carboxylic acids is 1. The quantitative estimate of drug-likeness (QED) is 0.756. The number of hydrogen-bond donors (Lipinski definition) is 1. The first-order chi connectivity index (χ1) is 12.6. The summed E-state index contributed by atoms with van der Waals surface area (Å²) in [5.41, 5.74) is 1.48. The van der Waals surface area contributed by atoms with E-state index in [4.69, 9.17) is 9.52 Å². The van der Waals surface area contributed by atoms with E-state index in [1.54, 1.807) is 33.7 Å². The van der Waals surface area contributed by atoms with Crippen LogP contribution in [0.2, 0.25) is 0 Å². The van der Waals surface area contributed by atoms with Gasteiger partial charge < -0.3 is 14.4 Å². The molecule has 4 rings (SSSR count). The summed E-state index contributed by atoms with van der Waals surface area (Å²) in [7, 11) is 0. The molecule has 1 aliphatic rings. The monoisotopic (exact) mass is 372 g/mol. The van der Waals surface area contributed by atoms with E-state index < -0.39 is 5.97 Å². The molecule has 1 N–H and O–H groups in total. The number of carbonyl (C=O) groups excluding carboxylic acids is 1. The second-order valence-corrected chi connectivity index (χ2v) is 6.95. The molecular weight excluding hydrogens is 356 g/mol. The van der Waals surface area contributed by atoms with Crippen molar-refractivity contribution < 1.29 is 19.1 Å². The van der Waals surface area contributed by atoms with E-state index in [0.29, 0.717) is 18.8 Å². The third kappa shape index (κ3) is 3.13. The van der Waals surface area contributed by atoms with Crippen LogP contribution in [0, 0.1) is 0 Å². The summed E-state index contributed by atoms with van der Waals surface area (Å²) in [6, 6.07) is 1.91. The number of aromatic carboxylic acids is 1. The minimum atomic E-state index is -0.985. The Morgan fingerprint density at radius 3 is 2.77 bits per heavy atom. The Balaban J connectivity index is 1.39. The van der Waals surface area contributed by atoms with Crippen LogP contribution in [0.25, 0.3) is 10.6 Å². The maximum Gasteiger partial charge on any atom is 0.338 e. The van der Waals surface area contributed by atoms with E-state index in [-0.39, 0.29) is 17.5 Å². The maximum atomic E-state index is 12.7. The van der Waals surface area contributed by atoms with Crippen molar-refractivity contribution in [1.82, 2.24) is 19.7 Å². The predicted molar refractivity (Wildman–Crippen MR) is 93.2 cm³/mol. The van der Waals surface area contributed by atoms with Gasteiger partial charge in [0, 0.05) is 30.2 Å².